The molecule has 4 aromatic rings. The van der Waals surface area contributed by atoms with E-state index in [2.05, 4.69) is 10.4 Å². The van der Waals surface area contributed by atoms with Crippen molar-refractivity contribution in [2.24, 2.45) is 7.05 Å². The van der Waals surface area contributed by atoms with Crippen LogP contribution in [0.5, 0.6) is 0 Å². The van der Waals surface area contributed by atoms with Gasteiger partial charge in [0.1, 0.15) is 17.3 Å². The van der Waals surface area contributed by atoms with Gasteiger partial charge in [-0.2, -0.15) is 5.10 Å². The summed E-state index contributed by atoms with van der Waals surface area (Å²) >= 11 is 0. The smallest absolute Gasteiger partial charge is 0.259 e. The number of benzene rings is 3. The third-order valence-corrected chi connectivity index (χ3v) is 4.68. The molecular weight excluding hydrogens is 400 g/mol. The van der Waals surface area contributed by atoms with Crippen molar-refractivity contribution in [3.63, 3.8) is 0 Å². The van der Waals surface area contributed by atoms with Crippen LogP contribution in [-0.2, 0) is 7.05 Å². The van der Waals surface area contributed by atoms with Crippen molar-refractivity contribution >= 4 is 17.4 Å². The van der Waals surface area contributed by atoms with Crippen LogP contribution in [0.2, 0.25) is 0 Å². The van der Waals surface area contributed by atoms with Gasteiger partial charge in [-0.1, -0.05) is 42.5 Å². The van der Waals surface area contributed by atoms with Gasteiger partial charge in [-0.05, 0) is 24.3 Å². The van der Waals surface area contributed by atoms with Crippen LogP contribution in [0.25, 0.3) is 11.3 Å². The number of hydrogen-bond acceptors (Lipinski definition) is 3. The minimum Gasteiger partial charge on any atom is -0.322 e. The Balaban J connectivity index is 1.62. The molecule has 154 valence electrons. The number of anilines is 1. The van der Waals surface area contributed by atoms with Gasteiger partial charge in [0, 0.05) is 41.7 Å². The first-order chi connectivity index (χ1) is 14.9. The topological polar surface area (TPSA) is 64.0 Å². The molecule has 4 rings (SSSR count). The quantitative estimate of drug-likeness (QED) is 0.472. The molecule has 0 aliphatic carbocycles. The zero-order valence-corrected chi connectivity index (χ0v) is 16.5. The minimum absolute atomic E-state index is 0.0140. The molecule has 0 aliphatic heterocycles. The van der Waals surface area contributed by atoms with Gasteiger partial charge in [-0.25, -0.2) is 8.78 Å². The third kappa shape index (κ3) is 4.25. The summed E-state index contributed by atoms with van der Waals surface area (Å²) in [5.74, 6) is -2.24. The van der Waals surface area contributed by atoms with Gasteiger partial charge in [0.25, 0.3) is 5.91 Å². The Kier molecular flexibility index (Phi) is 5.41. The fraction of sp³-hybridized carbons (Fsp3) is 0.0417. The summed E-state index contributed by atoms with van der Waals surface area (Å²) < 4.78 is 28.9. The highest BCUT2D eigenvalue weighted by Crippen LogP contribution is 2.26. The molecule has 0 radical (unpaired) electrons. The summed E-state index contributed by atoms with van der Waals surface area (Å²) in [5, 5.41) is 6.88. The Morgan fingerprint density at radius 3 is 2.39 bits per heavy atom. The third-order valence-electron chi connectivity index (χ3n) is 4.68. The first-order valence-electron chi connectivity index (χ1n) is 9.42. The maximum absolute atomic E-state index is 14.3. The summed E-state index contributed by atoms with van der Waals surface area (Å²) in [6, 6.07) is 18.4. The lowest BCUT2D eigenvalue weighted by Gasteiger charge is -2.08. The van der Waals surface area contributed by atoms with Crippen molar-refractivity contribution in [3.8, 4) is 11.3 Å². The van der Waals surface area contributed by atoms with Crippen LogP contribution < -0.4 is 5.32 Å². The lowest BCUT2D eigenvalue weighted by Crippen LogP contribution is -2.13. The van der Waals surface area contributed by atoms with Gasteiger partial charge in [-0.15, -0.1) is 0 Å². The van der Waals surface area contributed by atoms with Gasteiger partial charge >= 0.3 is 0 Å². The van der Waals surface area contributed by atoms with E-state index < -0.39 is 17.5 Å². The standard InChI is InChI=1S/C24H17F2N3O2/c1-29-14-20(22(28-29)19-11-10-17(25)13-21(19)26)24(31)27-18-9-5-8-16(12-18)23(30)15-6-3-2-4-7-15/h2-14H,1H3,(H,27,31). The summed E-state index contributed by atoms with van der Waals surface area (Å²) in [7, 11) is 1.60. The first-order valence-corrected chi connectivity index (χ1v) is 9.42. The number of rotatable bonds is 5. The second-order valence-electron chi connectivity index (χ2n) is 6.92. The highest BCUT2D eigenvalue weighted by Gasteiger charge is 2.20. The molecule has 0 saturated carbocycles. The monoisotopic (exact) mass is 417 g/mol. The number of nitrogens with one attached hydrogen (secondary N) is 1. The molecule has 1 amide bonds. The Bertz CT molecular complexity index is 1280. The van der Waals surface area contributed by atoms with Gasteiger partial charge in [0.05, 0.1) is 5.56 Å². The average molecular weight is 417 g/mol. The van der Waals surface area contributed by atoms with Gasteiger partial charge in [0.2, 0.25) is 0 Å². The van der Waals surface area contributed by atoms with E-state index in [1.807, 2.05) is 6.07 Å². The van der Waals surface area contributed by atoms with Gasteiger partial charge in [0.15, 0.2) is 5.78 Å². The molecule has 1 heterocycles. The molecule has 0 saturated heterocycles. The summed E-state index contributed by atoms with van der Waals surface area (Å²) in [5.41, 5.74) is 1.58. The average Bonchev–Trinajstić information content (AvgIpc) is 3.15. The van der Waals surface area contributed by atoms with Crippen molar-refractivity contribution < 1.29 is 18.4 Å². The van der Waals surface area contributed by atoms with Crippen molar-refractivity contribution in [2.45, 2.75) is 0 Å². The Labute approximate surface area is 177 Å². The van der Waals surface area contributed by atoms with Crippen LogP contribution in [0.3, 0.4) is 0 Å². The summed E-state index contributed by atoms with van der Waals surface area (Å²) in [6.07, 6.45) is 1.45. The zero-order chi connectivity index (χ0) is 22.0. The number of hydrogen-bond donors (Lipinski definition) is 1. The van der Waals surface area contributed by atoms with E-state index in [4.69, 9.17) is 0 Å². The van der Waals surface area contributed by atoms with E-state index in [0.717, 1.165) is 12.1 Å². The molecule has 0 spiro atoms. The number of nitrogens with zero attached hydrogens (tertiary/aromatic N) is 2. The molecule has 0 bridgehead atoms. The van der Waals surface area contributed by atoms with Crippen molar-refractivity contribution in [3.05, 3.63) is 107 Å². The maximum Gasteiger partial charge on any atom is 0.259 e. The molecule has 1 aromatic heterocycles. The number of aromatic nitrogens is 2. The molecule has 0 unspecified atom stereocenters. The number of ketones is 1. The number of carbonyl (C=O) groups is 2. The Hall–Kier alpha value is -4.13. The predicted molar refractivity (Wildman–Crippen MR) is 113 cm³/mol. The van der Waals surface area contributed by atoms with Crippen molar-refractivity contribution in [1.29, 1.82) is 0 Å². The first kappa shape index (κ1) is 20.2. The normalized spacial score (nSPS) is 10.7. The van der Waals surface area contributed by atoms with Crippen LogP contribution >= 0.6 is 0 Å². The second-order valence-corrected chi connectivity index (χ2v) is 6.92. The van der Waals surface area contributed by atoms with Gasteiger partial charge in [-0.3, -0.25) is 14.3 Å². The van der Waals surface area contributed by atoms with Crippen molar-refractivity contribution in [2.75, 3.05) is 5.32 Å². The number of amides is 1. The number of halogens is 2. The predicted octanol–water partition coefficient (Wildman–Crippen LogP) is 4.85. The Morgan fingerprint density at radius 1 is 0.903 bits per heavy atom. The fourth-order valence-corrected chi connectivity index (χ4v) is 3.23. The van der Waals surface area contributed by atoms with E-state index in [1.54, 1.807) is 55.6 Å². The van der Waals surface area contributed by atoms with Crippen LogP contribution in [0.15, 0.2) is 79.0 Å². The Morgan fingerprint density at radius 2 is 1.65 bits per heavy atom. The largest absolute Gasteiger partial charge is 0.322 e. The summed E-state index contributed by atoms with van der Waals surface area (Å²) in [6.45, 7) is 0. The molecule has 5 nitrogen and oxygen atoms in total. The molecule has 3 aromatic carbocycles. The fourth-order valence-electron chi connectivity index (χ4n) is 3.23. The van der Waals surface area contributed by atoms with Crippen LogP contribution in [0.1, 0.15) is 26.3 Å². The molecule has 0 atom stereocenters. The molecule has 31 heavy (non-hydrogen) atoms. The molecular formula is C24H17F2N3O2. The number of aryl methyl sites for hydroxylation is 1. The minimum atomic E-state index is -0.816. The van der Waals surface area contributed by atoms with Crippen LogP contribution in [0.4, 0.5) is 14.5 Å². The van der Waals surface area contributed by atoms with Gasteiger partial charge < -0.3 is 5.32 Å². The zero-order valence-electron chi connectivity index (χ0n) is 16.5. The van der Waals surface area contributed by atoms with E-state index in [1.165, 1.54) is 16.9 Å². The highest BCUT2D eigenvalue weighted by atomic mass is 19.1. The van der Waals surface area contributed by atoms with Crippen LogP contribution in [-0.4, -0.2) is 21.5 Å². The van der Waals surface area contributed by atoms with Crippen molar-refractivity contribution in [1.82, 2.24) is 9.78 Å². The SMILES string of the molecule is Cn1cc(C(=O)Nc2cccc(C(=O)c3ccccc3)c2)c(-c2ccc(F)cc2F)n1. The van der Waals surface area contributed by atoms with E-state index in [-0.39, 0.29) is 22.6 Å². The van der Waals surface area contributed by atoms with E-state index in [9.17, 15) is 18.4 Å². The maximum atomic E-state index is 14.3. The lowest BCUT2D eigenvalue weighted by molar-refractivity contribution is 0.102. The molecule has 1 N–H and O–H groups in total. The van der Waals surface area contributed by atoms with Crippen LogP contribution in [0, 0.1) is 11.6 Å². The lowest BCUT2D eigenvalue weighted by atomic mass is 10.0. The van der Waals surface area contributed by atoms with E-state index >= 15 is 0 Å². The molecule has 0 aliphatic rings. The highest BCUT2D eigenvalue weighted by molar-refractivity contribution is 6.11. The van der Waals surface area contributed by atoms with E-state index in [0.29, 0.717) is 16.8 Å². The molecule has 0 fully saturated rings. The second kappa shape index (κ2) is 8.31. The number of carbonyl (C=O) groups excluding carboxylic acids is 2. The summed E-state index contributed by atoms with van der Waals surface area (Å²) in [4.78, 5) is 25.6. The molecule has 7 heteroatoms.